The summed E-state index contributed by atoms with van der Waals surface area (Å²) in [7, 11) is 1.68. The number of hydrogen-bond donors (Lipinski definition) is 1. The van der Waals surface area contributed by atoms with Crippen LogP contribution in [0.2, 0.25) is 0 Å². The SMILES string of the molecule is [C-]#[N+]c1ccc(NC(=O)[C@H](OC(C)=O)[C@H]2OCCN(c3ccc4c(c3)CN(C)C4=O)C2=O)cc1CN(C(=O)OC(C)(C)C)C(=O)OC(C)(C)C. The van der Waals surface area contributed by atoms with Crippen molar-refractivity contribution in [3.05, 3.63) is 64.5 Å². The number of nitrogens with zero attached hydrogens (tertiary/aromatic N) is 4. The lowest BCUT2D eigenvalue weighted by Crippen LogP contribution is -2.56. The fraction of sp³-hybridized carbons (Fsp3) is 0.457. The molecule has 0 saturated carbocycles. The summed E-state index contributed by atoms with van der Waals surface area (Å²) in [5, 5.41) is 2.60. The molecule has 0 bridgehead atoms. The Morgan fingerprint density at radius 1 is 1.02 bits per heavy atom. The van der Waals surface area contributed by atoms with Gasteiger partial charge in [0.15, 0.2) is 11.8 Å². The van der Waals surface area contributed by atoms with E-state index < -0.39 is 59.9 Å². The van der Waals surface area contributed by atoms with E-state index in [-0.39, 0.29) is 36.0 Å². The van der Waals surface area contributed by atoms with E-state index in [1.807, 2.05) is 0 Å². The van der Waals surface area contributed by atoms with Gasteiger partial charge in [0, 0.05) is 44.0 Å². The van der Waals surface area contributed by atoms with Crippen molar-refractivity contribution in [2.75, 3.05) is 30.4 Å². The summed E-state index contributed by atoms with van der Waals surface area (Å²) in [6.07, 6.45) is -5.24. The second-order valence-corrected chi connectivity index (χ2v) is 13.8. The molecule has 0 unspecified atom stereocenters. The van der Waals surface area contributed by atoms with Crippen LogP contribution in [0.25, 0.3) is 4.85 Å². The number of fused-ring (bicyclic) bond motifs is 1. The van der Waals surface area contributed by atoms with Gasteiger partial charge in [-0.1, -0.05) is 6.07 Å². The second-order valence-electron chi connectivity index (χ2n) is 13.8. The van der Waals surface area contributed by atoms with E-state index in [0.717, 1.165) is 12.5 Å². The number of ether oxygens (including phenoxy) is 4. The van der Waals surface area contributed by atoms with Crippen LogP contribution in [0.3, 0.4) is 0 Å². The van der Waals surface area contributed by atoms with Gasteiger partial charge in [-0.05, 0) is 83.0 Å². The number of imide groups is 1. The Labute approximate surface area is 290 Å². The van der Waals surface area contributed by atoms with Crippen LogP contribution in [0, 0.1) is 6.57 Å². The van der Waals surface area contributed by atoms with Crippen molar-refractivity contribution in [1.82, 2.24) is 9.80 Å². The number of amides is 5. The van der Waals surface area contributed by atoms with Crippen LogP contribution in [0.4, 0.5) is 26.7 Å². The first-order chi connectivity index (χ1) is 23.3. The third-order valence-corrected chi connectivity index (χ3v) is 7.36. The highest BCUT2D eigenvalue weighted by molar-refractivity contribution is 6.05. The number of carbonyl (C=O) groups excluding carboxylic acids is 6. The number of anilines is 2. The Morgan fingerprint density at radius 2 is 1.66 bits per heavy atom. The lowest BCUT2D eigenvalue weighted by atomic mass is 10.1. The Balaban J connectivity index is 1.59. The Hall–Kier alpha value is -5.49. The third kappa shape index (κ3) is 8.94. The van der Waals surface area contributed by atoms with Crippen molar-refractivity contribution in [2.24, 2.45) is 0 Å². The van der Waals surface area contributed by atoms with Crippen LogP contribution < -0.4 is 10.2 Å². The first-order valence-corrected chi connectivity index (χ1v) is 15.8. The molecule has 266 valence electrons. The van der Waals surface area contributed by atoms with E-state index in [9.17, 15) is 28.8 Å². The van der Waals surface area contributed by atoms with Gasteiger partial charge in [0.05, 0.1) is 19.7 Å². The molecule has 0 spiro atoms. The fourth-order valence-electron chi connectivity index (χ4n) is 5.25. The van der Waals surface area contributed by atoms with Gasteiger partial charge in [0.25, 0.3) is 17.7 Å². The second kappa shape index (κ2) is 14.6. The van der Waals surface area contributed by atoms with E-state index in [2.05, 4.69) is 10.2 Å². The van der Waals surface area contributed by atoms with Gasteiger partial charge < -0.3 is 34.1 Å². The van der Waals surface area contributed by atoms with Gasteiger partial charge in [-0.2, -0.15) is 0 Å². The largest absolute Gasteiger partial charge is 0.449 e. The molecule has 50 heavy (non-hydrogen) atoms. The lowest BCUT2D eigenvalue weighted by Gasteiger charge is -2.35. The molecule has 2 aromatic carbocycles. The molecule has 5 amide bonds. The van der Waals surface area contributed by atoms with Crippen molar-refractivity contribution in [2.45, 2.75) is 85.0 Å². The molecule has 0 aromatic heterocycles. The maximum atomic E-state index is 13.7. The summed E-state index contributed by atoms with van der Waals surface area (Å²) in [5.74, 6) is -2.50. The van der Waals surface area contributed by atoms with Crippen LogP contribution >= 0.6 is 0 Å². The van der Waals surface area contributed by atoms with Crippen molar-refractivity contribution in [3.8, 4) is 0 Å². The van der Waals surface area contributed by atoms with Gasteiger partial charge in [-0.25, -0.2) is 19.3 Å². The zero-order valence-corrected chi connectivity index (χ0v) is 29.3. The number of benzene rings is 2. The Morgan fingerprint density at radius 3 is 2.24 bits per heavy atom. The summed E-state index contributed by atoms with van der Waals surface area (Å²) < 4.78 is 21.9. The van der Waals surface area contributed by atoms with Gasteiger partial charge in [0.2, 0.25) is 6.10 Å². The van der Waals surface area contributed by atoms with Gasteiger partial charge in [-0.3, -0.25) is 19.2 Å². The topological polar surface area (TPSA) is 165 Å². The lowest BCUT2D eigenvalue weighted by molar-refractivity contribution is -0.167. The smallest absolute Gasteiger partial charge is 0.420 e. The maximum absolute atomic E-state index is 13.7. The highest BCUT2D eigenvalue weighted by Gasteiger charge is 2.43. The molecule has 0 radical (unpaired) electrons. The molecular formula is C35H41N5O10. The first kappa shape index (κ1) is 37.3. The minimum Gasteiger partial charge on any atom is -0.449 e. The minimum atomic E-state index is -1.71. The average Bonchev–Trinajstić information content (AvgIpc) is 3.29. The minimum absolute atomic E-state index is 0.0202. The molecule has 2 heterocycles. The number of morpholine rings is 1. The molecule has 1 fully saturated rings. The van der Waals surface area contributed by atoms with Crippen LogP contribution in [-0.4, -0.2) is 89.3 Å². The van der Waals surface area contributed by atoms with Crippen LogP contribution in [-0.2, 0) is 46.4 Å². The molecule has 1 saturated heterocycles. The standard InChI is InChI=1S/C35H41N5O10/c1-20(41)48-27(28-31(44)39(14-15-47-28)24-11-12-25-21(17-24)18-38(9)30(25)43)29(42)37-23-10-13-26(36-8)22(16-23)19-40(32(45)49-34(2,3)4)33(46)50-35(5,6)7/h10-13,16-17,27-28H,14-15,18-19H2,1-7,9H3,(H,37,42)/t27-,28-/m1/s1. The van der Waals surface area contributed by atoms with E-state index in [4.69, 9.17) is 25.5 Å². The molecule has 0 aliphatic carbocycles. The molecule has 1 N–H and O–H groups in total. The zero-order chi connectivity index (χ0) is 37.1. The van der Waals surface area contributed by atoms with Crippen molar-refractivity contribution >= 4 is 52.9 Å². The molecular weight excluding hydrogens is 650 g/mol. The normalized spacial score (nSPS) is 16.6. The molecule has 2 aliphatic heterocycles. The molecule has 2 atom stereocenters. The quantitative estimate of drug-likeness (QED) is 0.242. The van der Waals surface area contributed by atoms with Crippen molar-refractivity contribution in [1.29, 1.82) is 0 Å². The zero-order valence-electron chi connectivity index (χ0n) is 29.3. The van der Waals surface area contributed by atoms with Gasteiger partial charge in [-0.15, -0.1) is 0 Å². The molecule has 15 nitrogen and oxygen atoms in total. The number of hydrogen-bond acceptors (Lipinski definition) is 10. The average molecular weight is 692 g/mol. The monoisotopic (exact) mass is 691 g/mol. The van der Waals surface area contributed by atoms with E-state index >= 15 is 0 Å². The number of rotatable bonds is 7. The summed E-state index contributed by atoms with van der Waals surface area (Å²) in [4.78, 5) is 85.3. The Bertz CT molecular complexity index is 1730. The van der Waals surface area contributed by atoms with Crippen LogP contribution in [0.1, 0.15) is 70.0 Å². The third-order valence-electron chi connectivity index (χ3n) is 7.36. The maximum Gasteiger partial charge on any atom is 0.420 e. The van der Waals surface area contributed by atoms with Crippen molar-refractivity contribution in [3.63, 3.8) is 0 Å². The first-order valence-electron chi connectivity index (χ1n) is 15.8. The predicted molar refractivity (Wildman–Crippen MR) is 179 cm³/mol. The fourth-order valence-corrected chi connectivity index (χ4v) is 5.25. The van der Waals surface area contributed by atoms with Crippen molar-refractivity contribution < 1.29 is 47.7 Å². The molecule has 15 heteroatoms. The highest BCUT2D eigenvalue weighted by atomic mass is 16.6. The van der Waals surface area contributed by atoms with Gasteiger partial charge >= 0.3 is 18.2 Å². The van der Waals surface area contributed by atoms with E-state index in [0.29, 0.717) is 22.7 Å². The van der Waals surface area contributed by atoms with Crippen LogP contribution in [0.5, 0.6) is 0 Å². The molecule has 2 aliphatic rings. The highest BCUT2D eigenvalue weighted by Crippen LogP contribution is 2.30. The number of nitrogens with one attached hydrogen (secondary N) is 1. The summed E-state index contributed by atoms with van der Waals surface area (Å²) in [6.45, 7) is 18.6. The summed E-state index contributed by atoms with van der Waals surface area (Å²) in [5.41, 5.74) is 0.209. The predicted octanol–water partition coefficient (Wildman–Crippen LogP) is 4.80. The Kier molecular flexibility index (Phi) is 10.9. The number of esters is 1. The molecule has 4 rings (SSSR count). The molecule has 2 aromatic rings. The van der Waals surface area contributed by atoms with Crippen LogP contribution in [0.15, 0.2) is 36.4 Å². The van der Waals surface area contributed by atoms with E-state index in [1.165, 1.54) is 23.1 Å². The summed E-state index contributed by atoms with van der Waals surface area (Å²) >= 11 is 0. The van der Waals surface area contributed by atoms with Gasteiger partial charge in [0.1, 0.15) is 11.2 Å². The summed E-state index contributed by atoms with van der Waals surface area (Å²) in [6, 6.07) is 9.16. The number of carbonyl (C=O) groups is 6. The van der Waals surface area contributed by atoms with E-state index in [1.54, 1.807) is 71.7 Å².